The molecule has 0 saturated heterocycles. The Labute approximate surface area is 125 Å². The molecule has 110 valence electrons. The highest BCUT2D eigenvalue weighted by molar-refractivity contribution is 6.01. The Morgan fingerprint density at radius 1 is 1.23 bits per heavy atom. The molecule has 0 saturated carbocycles. The fraction of sp³-hybridized carbons (Fsp3) is 0.0714. The molecule has 1 amide bonds. The van der Waals surface area contributed by atoms with Crippen LogP contribution in [0.25, 0.3) is 16.5 Å². The minimum atomic E-state index is -0.620. The molecule has 1 aromatic carbocycles. The van der Waals surface area contributed by atoms with Crippen LogP contribution in [-0.2, 0) is 0 Å². The molecule has 2 heterocycles. The average Bonchev–Trinajstić information content (AvgIpc) is 2.88. The van der Waals surface area contributed by atoms with Crippen molar-refractivity contribution in [3.8, 4) is 5.69 Å². The predicted octanol–water partition coefficient (Wildman–Crippen LogP) is 0.538. The van der Waals surface area contributed by atoms with Crippen molar-refractivity contribution in [1.82, 2.24) is 20.0 Å². The summed E-state index contributed by atoms with van der Waals surface area (Å²) in [5.74, 6) is -0.930. The van der Waals surface area contributed by atoms with Crippen molar-refractivity contribution in [1.29, 1.82) is 0 Å². The zero-order valence-electron chi connectivity index (χ0n) is 11.8. The quantitative estimate of drug-likeness (QED) is 0.525. The van der Waals surface area contributed by atoms with Gasteiger partial charge in [0.05, 0.1) is 11.4 Å². The highest BCUT2D eigenvalue weighted by Crippen LogP contribution is 2.20. The van der Waals surface area contributed by atoms with E-state index in [1.807, 2.05) is 24.3 Å². The van der Waals surface area contributed by atoms with E-state index in [-0.39, 0.29) is 11.7 Å². The number of carbonyl (C=O) groups is 1. The van der Waals surface area contributed by atoms with Gasteiger partial charge in [-0.15, -0.1) is 9.90 Å². The van der Waals surface area contributed by atoms with E-state index in [0.29, 0.717) is 5.69 Å². The first-order valence-corrected chi connectivity index (χ1v) is 6.47. The van der Waals surface area contributed by atoms with Gasteiger partial charge < -0.3 is 11.5 Å². The van der Waals surface area contributed by atoms with Crippen molar-refractivity contribution >= 4 is 22.6 Å². The van der Waals surface area contributed by atoms with Gasteiger partial charge in [-0.2, -0.15) is 10.1 Å². The Morgan fingerprint density at radius 3 is 2.82 bits per heavy atom. The van der Waals surface area contributed by atoms with E-state index in [2.05, 4.69) is 20.2 Å². The maximum atomic E-state index is 11.9. The lowest BCUT2D eigenvalue weighted by atomic mass is 10.1. The normalized spacial score (nSPS) is 10.6. The molecule has 0 unspecified atom stereocenters. The number of carbonyl (C=O) groups excluding carboxylic acids is 1. The van der Waals surface area contributed by atoms with Gasteiger partial charge in [-0.1, -0.05) is 12.1 Å². The first-order valence-electron chi connectivity index (χ1n) is 6.47. The van der Waals surface area contributed by atoms with Crippen LogP contribution in [-0.4, -0.2) is 31.8 Å². The molecule has 0 fully saturated rings. The first-order chi connectivity index (χ1) is 10.6. The molecule has 0 bridgehead atoms. The van der Waals surface area contributed by atoms with Gasteiger partial charge in [0.25, 0.3) is 0 Å². The van der Waals surface area contributed by atoms with Crippen LogP contribution < -0.4 is 11.5 Å². The second-order valence-corrected chi connectivity index (χ2v) is 4.64. The fourth-order valence-electron chi connectivity index (χ4n) is 2.13. The zero-order chi connectivity index (χ0) is 15.7. The SMILES string of the molecule is Cc1nn(-c2cccc3cnccc23)nc1C(=O)N=C(N)N. The molecule has 2 aromatic heterocycles. The molecular formula is C14H13N7O. The second-order valence-electron chi connectivity index (χ2n) is 4.64. The number of guanidine groups is 1. The molecule has 0 aliphatic heterocycles. The summed E-state index contributed by atoms with van der Waals surface area (Å²) in [6, 6.07) is 7.53. The van der Waals surface area contributed by atoms with E-state index in [9.17, 15) is 4.79 Å². The van der Waals surface area contributed by atoms with E-state index in [1.54, 1.807) is 19.3 Å². The lowest BCUT2D eigenvalue weighted by Gasteiger charge is -2.04. The third-order valence-electron chi connectivity index (χ3n) is 3.09. The van der Waals surface area contributed by atoms with Crippen molar-refractivity contribution in [3.05, 3.63) is 48.0 Å². The van der Waals surface area contributed by atoms with Gasteiger partial charge in [0.1, 0.15) is 0 Å². The summed E-state index contributed by atoms with van der Waals surface area (Å²) >= 11 is 0. The fourth-order valence-corrected chi connectivity index (χ4v) is 2.13. The highest BCUT2D eigenvalue weighted by atomic mass is 16.1. The highest BCUT2D eigenvalue weighted by Gasteiger charge is 2.17. The molecule has 0 atom stereocenters. The van der Waals surface area contributed by atoms with E-state index >= 15 is 0 Å². The van der Waals surface area contributed by atoms with E-state index in [0.717, 1.165) is 16.5 Å². The van der Waals surface area contributed by atoms with Crippen LogP contribution in [0.2, 0.25) is 0 Å². The van der Waals surface area contributed by atoms with Crippen LogP contribution in [0, 0.1) is 6.92 Å². The summed E-state index contributed by atoms with van der Waals surface area (Å²) in [7, 11) is 0. The van der Waals surface area contributed by atoms with Crippen molar-refractivity contribution in [2.24, 2.45) is 16.5 Å². The number of hydrogen-bond acceptors (Lipinski definition) is 4. The molecule has 0 aliphatic carbocycles. The standard InChI is InChI=1S/C14H13N7O/c1-8-12(13(22)18-14(15)16)20-21(19-8)11-4-2-3-9-7-17-6-5-10(9)11/h2-7H,1H3,(H4,15,16,18,22). The number of rotatable bonds is 2. The number of nitrogens with zero attached hydrogens (tertiary/aromatic N) is 5. The largest absolute Gasteiger partial charge is 0.370 e. The zero-order valence-corrected chi connectivity index (χ0v) is 11.8. The molecule has 4 N–H and O–H groups in total. The molecule has 0 spiro atoms. The van der Waals surface area contributed by atoms with E-state index < -0.39 is 5.91 Å². The molecule has 3 aromatic rings. The third kappa shape index (κ3) is 2.37. The molecule has 22 heavy (non-hydrogen) atoms. The predicted molar refractivity (Wildman–Crippen MR) is 81.5 cm³/mol. The Kier molecular flexibility index (Phi) is 3.26. The average molecular weight is 295 g/mol. The lowest BCUT2D eigenvalue weighted by Crippen LogP contribution is -2.24. The summed E-state index contributed by atoms with van der Waals surface area (Å²) in [4.78, 5) is 20.9. The topological polar surface area (TPSA) is 125 Å². The van der Waals surface area contributed by atoms with Gasteiger partial charge in [0.2, 0.25) is 0 Å². The van der Waals surface area contributed by atoms with Crippen LogP contribution in [0.4, 0.5) is 0 Å². The number of hydrogen-bond donors (Lipinski definition) is 2. The number of pyridine rings is 1. The van der Waals surface area contributed by atoms with Crippen LogP contribution in [0.5, 0.6) is 0 Å². The minimum absolute atomic E-state index is 0.111. The van der Waals surface area contributed by atoms with Gasteiger partial charge in [0, 0.05) is 23.2 Å². The molecule has 8 heteroatoms. The van der Waals surface area contributed by atoms with Crippen molar-refractivity contribution in [2.45, 2.75) is 6.92 Å². The third-order valence-corrected chi connectivity index (χ3v) is 3.09. The molecule has 3 rings (SSSR count). The maximum Gasteiger partial charge on any atom is 0.302 e. The smallest absolute Gasteiger partial charge is 0.302 e. The van der Waals surface area contributed by atoms with Crippen LogP contribution in [0.15, 0.2) is 41.7 Å². The van der Waals surface area contributed by atoms with Crippen LogP contribution >= 0.6 is 0 Å². The number of aliphatic imine (C=N–C) groups is 1. The number of benzene rings is 1. The summed E-state index contributed by atoms with van der Waals surface area (Å²) in [6.45, 7) is 1.67. The number of aromatic nitrogens is 4. The van der Waals surface area contributed by atoms with Gasteiger partial charge in [-0.3, -0.25) is 9.78 Å². The molecule has 8 nitrogen and oxygen atoms in total. The number of amides is 1. The van der Waals surface area contributed by atoms with Crippen molar-refractivity contribution < 1.29 is 4.79 Å². The molecule has 0 radical (unpaired) electrons. The summed E-state index contributed by atoms with van der Waals surface area (Å²) < 4.78 is 0. The summed E-state index contributed by atoms with van der Waals surface area (Å²) in [6.07, 6.45) is 3.44. The van der Waals surface area contributed by atoms with E-state index in [4.69, 9.17) is 11.5 Å². The van der Waals surface area contributed by atoms with Gasteiger partial charge >= 0.3 is 5.91 Å². The summed E-state index contributed by atoms with van der Waals surface area (Å²) in [5, 5.41) is 10.3. The van der Waals surface area contributed by atoms with Crippen molar-refractivity contribution in [3.63, 3.8) is 0 Å². The van der Waals surface area contributed by atoms with Crippen LogP contribution in [0.1, 0.15) is 16.2 Å². The van der Waals surface area contributed by atoms with Gasteiger partial charge in [-0.25, -0.2) is 0 Å². The Hall–Kier alpha value is -3.29. The molecular weight excluding hydrogens is 282 g/mol. The minimum Gasteiger partial charge on any atom is -0.370 e. The van der Waals surface area contributed by atoms with Gasteiger partial charge in [-0.05, 0) is 19.1 Å². The Balaban J connectivity index is 2.13. The first kappa shape index (κ1) is 13.7. The second kappa shape index (κ2) is 5.24. The van der Waals surface area contributed by atoms with Crippen molar-refractivity contribution in [2.75, 3.05) is 0 Å². The Bertz CT molecular complexity index is 888. The number of fused-ring (bicyclic) bond motifs is 1. The van der Waals surface area contributed by atoms with Crippen LogP contribution in [0.3, 0.4) is 0 Å². The summed E-state index contributed by atoms with van der Waals surface area (Å²) in [5.41, 5.74) is 11.7. The lowest BCUT2D eigenvalue weighted by molar-refractivity contribution is 0.0997. The van der Waals surface area contributed by atoms with Gasteiger partial charge in [0.15, 0.2) is 11.7 Å². The maximum absolute atomic E-state index is 11.9. The Morgan fingerprint density at radius 2 is 2.05 bits per heavy atom. The monoisotopic (exact) mass is 295 g/mol. The molecule has 0 aliphatic rings. The number of nitrogens with two attached hydrogens (primary N) is 2. The van der Waals surface area contributed by atoms with E-state index in [1.165, 1.54) is 4.80 Å². The number of aryl methyl sites for hydroxylation is 1.